The van der Waals surface area contributed by atoms with Crippen LogP contribution >= 0.6 is 0 Å². The summed E-state index contributed by atoms with van der Waals surface area (Å²) >= 11 is 0. The molecule has 0 heterocycles. The van der Waals surface area contributed by atoms with Crippen molar-refractivity contribution in [1.29, 1.82) is 5.26 Å². The Kier molecular flexibility index (Phi) is 5.96. The Bertz CT molecular complexity index is 562. The first-order chi connectivity index (χ1) is 9.03. The Balaban J connectivity index is 2.79. The summed E-state index contributed by atoms with van der Waals surface area (Å²) in [5.74, 6) is 0. The van der Waals surface area contributed by atoms with Gasteiger partial charge in [-0.3, -0.25) is 0 Å². The SMILES string of the molecule is CCOCCCNS(=O)(=O)c1cccc(C)c1C#N. The lowest BCUT2D eigenvalue weighted by molar-refractivity contribution is 0.146. The third-order valence-corrected chi connectivity index (χ3v) is 4.10. The molecule has 6 heteroatoms. The monoisotopic (exact) mass is 282 g/mol. The van der Waals surface area contributed by atoms with Crippen molar-refractivity contribution in [2.24, 2.45) is 0 Å². The van der Waals surface area contributed by atoms with E-state index in [0.29, 0.717) is 31.7 Å². The normalized spacial score (nSPS) is 11.2. The van der Waals surface area contributed by atoms with E-state index in [2.05, 4.69) is 4.72 Å². The Hall–Kier alpha value is -1.42. The van der Waals surface area contributed by atoms with Crippen molar-refractivity contribution in [3.8, 4) is 6.07 Å². The lowest BCUT2D eigenvalue weighted by Crippen LogP contribution is -2.26. The fourth-order valence-corrected chi connectivity index (χ4v) is 2.91. The fourth-order valence-electron chi connectivity index (χ4n) is 1.61. The predicted octanol–water partition coefficient (Wildman–Crippen LogP) is 1.57. The molecule has 19 heavy (non-hydrogen) atoms. The van der Waals surface area contributed by atoms with Crippen LogP contribution in [0.5, 0.6) is 0 Å². The molecule has 5 nitrogen and oxygen atoms in total. The minimum Gasteiger partial charge on any atom is -0.382 e. The summed E-state index contributed by atoms with van der Waals surface area (Å²) in [7, 11) is -3.64. The van der Waals surface area contributed by atoms with Gasteiger partial charge in [-0.2, -0.15) is 5.26 Å². The van der Waals surface area contributed by atoms with Gasteiger partial charge < -0.3 is 4.74 Å². The topological polar surface area (TPSA) is 79.2 Å². The molecular formula is C13H18N2O3S. The van der Waals surface area contributed by atoms with Crippen molar-refractivity contribution in [2.45, 2.75) is 25.2 Å². The molecule has 104 valence electrons. The fraction of sp³-hybridized carbons (Fsp3) is 0.462. The number of sulfonamides is 1. The smallest absolute Gasteiger partial charge is 0.241 e. The van der Waals surface area contributed by atoms with E-state index >= 15 is 0 Å². The Labute approximate surface area is 114 Å². The van der Waals surface area contributed by atoms with Crippen LogP contribution in [0, 0.1) is 18.3 Å². The summed E-state index contributed by atoms with van der Waals surface area (Å²) in [5.41, 5.74) is 0.847. The van der Waals surface area contributed by atoms with E-state index in [1.54, 1.807) is 19.1 Å². The molecule has 1 aromatic rings. The quantitative estimate of drug-likeness (QED) is 0.770. The van der Waals surface area contributed by atoms with Gasteiger partial charge in [0.05, 0.1) is 10.5 Å². The van der Waals surface area contributed by atoms with Crippen molar-refractivity contribution in [1.82, 2.24) is 4.72 Å². The molecule has 0 amide bonds. The van der Waals surface area contributed by atoms with Gasteiger partial charge >= 0.3 is 0 Å². The zero-order valence-electron chi connectivity index (χ0n) is 11.1. The van der Waals surface area contributed by atoms with Crippen LogP contribution in [0.4, 0.5) is 0 Å². The van der Waals surface area contributed by atoms with Crippen LogP contribution in [0.2, 0.25) is 0 Å². The van der Waals surface area contributed by atoms with Gasteiger partial charge in [0.15, 0.2) is 0 Å². The Morgan fingerprint density at radius 1 is 1.42 bits per heavy atom. The van der Waals surface area contributed by atoms with Crippen molar-refractivity contribution in [3.05, 3.63) is 29.3 Å². The second kappa shape index (κ2) is 7.24. The molecule has 0 atom stereocenters. The van der Waals surface area contributed by atoms with Gasteiger partial charge in [0.1, 0.15) is 6.07 Å². The highest BCUT2D eigenvalue weighted by atomic mass is 32.2. The summed E-state index contributed by atoms with van der Waals surface area (Å²) in [6.45, 7) is 5.02. The van der Waals surface area contributed by atoms with Crippen LogP contribution in [-0.2, 0) is 14.8 Å². The Morgan fingerprint density at radius 3 is 2.79 bits per heavy atom. The number of nitriles is 1. The van der Waals surface area contributed by atoms with Gasteiger partial charge in [-0.05, 0) is 31.9 Å². The van der Waals surface area contributed by atoms with Crippen LogP contribution in [0.25, 0.3) is 0 Å². The zero-order chi connectivity index (χ0) is 14.3. The molecule has 1 rings (SSSR count). The molecule has 1 aromatic carbocycles. The van der Waals surface area contributed by atoms with Crippen molar-refractivity contribution in [3.63, 3.8) is 0 Å². The van der Waals surface area contributed by atoms with Gasteiger partial charge in [0.2, 0.25) is 10.0 Å². The summed E-state index contributed by atoms with van der Waals surface area (Å²) < 4.78 is 31.8. The molecule has 0 saturated heterocycles. The number of hydrogen-bond donors (Lipinski definition) is 1. The zero-order valence-corrected chi connectivity index (χ0v) is 12.0. The standard InChI is InChI=1S/C13H18N2O3S/c1-3-18-9-5-8-15-19(16,17)13-7-4-6-11(2)12(13)10-14/h4,6-7,15H,3,5,8-9H2,1-2H3. The highest BCUT2D eigenvalue weighted by Gasteiger charge is 2.18. The van der Waals surface area contributed by atoms with E-state index in [-0.39, 0.29) is 10.5 Å². The molecule has 0 radical (unpaired) electrons. The third-order valence-electron chi connectivity index (χ3n) is 2.60. The van der Waals surface area contributed by atoms with Crippen molar-refractivity contribution in [2.75, 3.05) is 19.8 Å². The molecule has 0 spiro atoms. The van der Waals surface area contributed by atoms with Crippen LogP contribution in [0.15, 0.2) is 23.1 Å². The Morgan fingerprint density at radius 2 is 2.16 bits per heavy atom. The molecular weight excluding hydrogens is 264 g/mol. The summed E-state index contributed by atoms with van der Waals surface area (Å²) in [6, 6.07) is 6.72. The maximum Gasteiger partial charge on any atom is 0.241 e. The highest BCUT2D eigenvalue weighted by Crippen LogP contribution is 2.18. The van der Waals surface area contributed by atoms with Crippen molar-refractivity contribution >= 4 is 10.0 Å². The number of nitrogens with zero attached hydrogens (tertiary/aromatic N) is 1. The van der Waals surface area contributed by atoms with E-state index in [0.717, 1.165) is 0 Å². The highest BCUT2D eigenvalue weighted by molar-refractivity contribution is 7.89. The van der Waals surface area contributed by atoms with E-state index in [9.17, 15) is 8.42 Å². The molecule has 0 saturated carbocycles. The lowest BCUT2D eigenvalue weighted by Gasteiger charge is -2.09. The number of aryl methyl sites for hydroxylation is 1. The second-order valence-corrected chi connectivity index (χ2v) is 5.74. The van der Waals surface area contributed by atoms with Gasteiger partial charge in [0, 0.05) is 19.8 Å². The van der Waals surface area contributed by atoms with Gasteiger partial charge in [-0.15, -0.1) is 0 Å². The maximum absolute atomic E-state index is 12.1. The van der Waals surface area contributed by atoms with Gasteiger partial charge in [0.25, 0.3) is 0 Å². The lowest BCUT2D eigenvalue weighted by atomic mass is 10.1. The average molecular weight is 282 g/mol. The predicted molar refractivity (Wildman–Crippen MR) is 72.2 cm³/mol. The largest absolute Gasteiger partial charge is 0.382 e. The summed E-state index contributed by atoms with van der Waals surface area (Å²) in [6.07, 6.45) is 0.598. The van der Waals surface area contributed by atoms with Crippen LogP contribution in [-0.4, -0.2) is 28.2 Å². The van der Waals surface area contributed by atoms with Gasteiger partial charge in [-0.25, -0.2) is 13.1 Å². The first-order valence-corrected chi connectivity index (χ1v) is 7.58. The molecule has 0 unspecified atom stereocenters. The van der Waals surface area contributed by atoms with Crippen LogP contribution in [0.3, 0.4) is 0 Å². The third kappa shape index (κ3) is 4.31. The number of benzene rings is 1. The first-order valence-electron chi connectivity index (χ1n) is 6.10. The minimum atomic E-state index is -3.64. The molecule has 0 fully saturated rings. The molecule has 0 aliphatic carbocycles. The summed E-state index contributed by atoms with van der Waals surface area (Å²) in [5, 5.41) is 9.04. The minimum absolute atomic E-state index is 0.0337. The summed E-state index contributed by atoms with van der Waals surface area (Å²) in [4.78, 5) is 0.0337. The maximum atomic E-state index is 12.1. The molecule has 0 bridgehead atoms. The van der Waals surface area contributed by atoms with Gasteiger partial charge in [-0.1, -0.05) is 12.1 Å². The van der Waals surface area contributed by atoms with Crippen LogP contribution in [0.1, 0.15) is 24.5 Å². The van der Waals surface area contributed by atoms with E-state index < -0.39 is 10.0 Å². The molecule has 0 aliphatic rings. The number of nitrogens with one attached hydrogen (secondary N) is 1. The van der Waals surface area contributed by atoms with E-state index in [1.807, 2.05) is 13.0 Å². The number of rotatable bonds is 7. The second-order valence-electron chi connectivity index (χ2n) is 4.01. The number of hydrogen-bond acceptors (Lipinski definition) is 4. The molecule has 0 aromatic heterocycles. The number of ether oxygens (including phenoxy) is 1. The van der Waals surface area contributed by atoms with E-state index in [1.165, 1.54) is 6.07 Å². The van der Waals surface area contributed by atoms with Crippen LogP contribution < -0.4 is 4.72 Å². The molecule has 0 aliphatic heterocycles. The van der Waals surface area contributed by atoms with Crippen molar-refractivity contribution < 1.29 is 13.2 Å². The molecule has 1 N–H and O–H groups in total. The van der Waals surface area contributed by atoms with E-state index in [4.69, 9.17) is 10.00 Å². The average Bonchev–Trinajstić information content (AvgIpc) is 2.38. The first kappa shape index (κ1) is 15.6.